The Labute approximate surface area is 150 Å². The van der Waals surface area contributed by atoms with E-state index in [-0.39, 0.29) is 6.54 Å². The van der Waals surface area contributed by atoms with E-state index in [4.69, 9.17) is 5.26 Å². The van der Waals surface area contributed by atoms with E-state index in [2.05, 4.69) is 6.07 Å². The predicted molar refractivity (Wildman–Crippen MR) is 99.9 cm³/mol. The average molecular weight is 356 g/mol. The minimum Gasteiger partial charge on any atom is -0.207 e. The van der Waals surface area contributed by atoms with Gasteiger partial charge < -0.3 is 0 Å². The van der Waals surface area contributed by atoms with Gasteiger partial charge in [0, 0.05) is 13.6 Å². The predicted octanol–water partition coefficient (Wildman–Crippen LogP) is 3.92. The monoisotopic (exact) mass is 356 g/mol. The van der Waals surface area contributed by atoms with Crippen LogP contribution in [0.25, 0.3) is 0 Å². The van der Waals surface area contributed by atoms with Crippen molar-refractivity contribution in [3.63, 3.8) is 0 Å². The number of hydrogen-bond acceptors (Lipinski definition) is 3. The third-order valence-electron chi connectivity index (χ3n) is 5.09. The third kappa shape index (κ3) is 3.46. The summed E-state index contributed by atoms with van der Waals surface area (Å²) in [5.41, 5.74) is 6.22. The zero-order chi connectivity index (χ0) is 18.9. The van der Waals surface area contributed by atoms with Crippen molar-refractivity contribution in [1.82, 2.24) is 4.31 Å². The van der Waals surface area contributed by atoms with Crippen LogP contribution in [-0.4, -0.2) is 19.8 Å². The summed E-state index contributed by atoms with van der Waals surface area (Å²) in [5, 5.41) is 8.87. The molecule has 0 fully saturated rings. The Hall–Kier alpha value is -2.16. The highest BCUT2D eigenvalue weighted by Gasteiger charge is 2.27. The fourth-order valence-corrected chi connectivity index (χ4v) is 4.75. The summed E-state index contributed by atoms with van der Waals surface area (Å²) in [6.07, 6.45) is 0. The molecule has 0 saturated heterocycles. The first-order valence-corrected chi connectivity index (χ1v) is 9.57. The van der Waals surface area contributed by atoms with E-state index in [1.54, 1.807) is 31.3 Å². The van der Waals surface area contributed by atoms with Crippen molar-refractivity contribution < 1.29 is 8.42 Å². The molecule has 0 aliphatic heterocycles. The van der Waals surface area contributed by atoms with E-state index < -0.39 is 10.0 Å². The first-order valence-electron chi connectivity index (χ1n) is 8.13. The van der Waals surface area contributed by atoms with Gasteiger partial charge in [0.05, 0.1) is 16.5 Å². The van der Waals surface area contributed by atoms with Crippen LogP contribution in [0, 0.1) is 45.9 Å². The zero-order valence-corrected chi connectivity index (χ0v) is 16.5. The summed E-state index contributed by atoms with van der Waals surface area (Å²) in [6.45, 7) is 9.97. The number of rotatable bonds is 4. The summed E-state index contributed by atoms with van der Waals surface area (Å²) < 4.78 is 27.8. The quantitative estimate of drug-likeness (QED) is 0.834. The van der Waals surface area contributed by atoms with Gasteiger partial charge in [0.1, 0.15) is 0 Å². The van der Waals surface area contributed by atoms with Crippen LogP contribution >= 0.6 is 0 Å². The molecule has 4 nitrogen and oxygen atoms in total. The van der Waals surface area contributed by atoms with Crippen LogP contribution in [0.4, 0.5) is 0 Å². The lowest BCUT2D eigenvalue weighted by Gasteiger charge is -2.23. The molecule has 0 aliphatic rings. The van der Waals surface area contributed by atoms with Crippen LogP contribution in [0.1, 0.15) is 38.9 Å². The minimum atomic E-state index is -3.61. The molecule has 2 rings (SSSR count). The molecule has 0 aromatic heterocycles. The van der Waals surface area contributed by atoms with Crippen LogP contribution in [-0.2, 0) is 16.6 Å². The van der Waals surface area contributed by atoms with E-state index in [0.29, 0.717) is 10.5 Å². The Morgan fingerprint density at radius 1 is 0.880 bits per heavy atom. The molecular formula is C20H24N2O2S. The van der Waals surface area contributed by atoms with Crippen molar-refractivity contribution >= 4 is 10.0 Å². The molecule has 0 unspecified atom stereocenters. The van der Waals surface area contributed by atoms with Gasteiger partial charge >= 0.3 is 0 Å². The molecule has 0 bridgehead atoms. The first-order chi connectivity index (χ1) is 11.6. The molecular weight excluding hydrogens is 332 g/mol. The second-order valence-electron chi connectivity index (χ2n) is 6.52. The lowest BCUT2D eigenvalue weighted by atomic mass is 9.95. The molecule has 25 heavy (non-hydrogen) atoms. The number of nitrogens with zero attached hydrogens (tertiary/aromatic N) is 2. The molecule has 0 saturated carbocycles. The van der Waals surface area contributed by atoms with E-state index in [1.807, 2.05) is 34.6 Å². The summed E-state index contributed by atoms with van der Waals surface area (Å²) in [5.74, 6) is 0. The lowest BCUT2D eigenvalue weighted by Crippen LogP contribution is -2.28. The highest BCUT2D eigenvalue weighted by molar-refractivity contribution is 7.89. The van der Waals surface area contributed by atoms with Crippen LogP contribution in [0.3, 0.4) is 0 Å². The Morgan fingerprint density at radius 3 is 1.76 bits per heavy atom. The number of sulfonamides is 1. The van der Waals surface area contributed by atoms with Crippen LogP contribution in [0.5, 0.6) is 0 Å². The van der Waals surface area contributed by atoms with Gasteiger partial charge in [-0.05, 0) is 80.1 Å². The Morgan fingerprint density at radius 2 is 1.32 bits per heavy atom. The summed E-state index contributed by atoms with van der Waals surface area (Å²) in [4.78, 5) is 0.407. The first kappa shape index (κ1) is 19.2. The molecule has 2 aromatic carbocycles. The molecule has 0 aliphatic carbocycles. The van der Waals surface area contributed by atoms with Gasteiger partial charge in [-0.1, -0.05) is 12.1 Å². The topological polar surface area (TPSA) is 61.2 Å². The molecule has 0 atom stereocenters. The van der Waals surface area contributed by atoms with Crippen molar-refractivity contribution in [3.05, 3.63) is 63.2 Å². The van der Waals surface area contributed by atoms with E-state index in [1.165, 1.54) is 4.31 Å². The summed E-state index contributed by atoms with van der Waals surface area (Å²) in [6, 6.07) is 9.04. The Kier molecular flexibility index (Phi) is 5.36. The van der Waals surface area contributed by atoms with Gasteiger partial charge in [-0.2, -0.15) is 9.57 Å². The number of hydrogen-bond donors (Lipinski definition) is 0. The second kappa shape index (κ2) is 6.99. The van der Waals surface area contributed by atoms with Crippen molar-refractivity contribution in [2.45, 2.75) is 46.1 Å². The average Bonchev–Trinajstić information content (AvgIpc) is 2.58. The second-order valence-corrected chi connectivity index (χ2v) is 8.51. The molecule has 0 heterocycles. The van der Waals surface area contributed by atoms with Crippen LogP contribution in [0.15, 0.2) is 29.2 Å². The fourth-order valence-electron chi connectivity index (χ4n) is 3.04. The van der Waals surface area contributed by atoms with Gasteiger partial charge in [-0.25, -0.2) is 8.42 Å². The van der Waals surface area contributed by atoms with E-state index in [0.717, 1.165) is 33.4 Å². The maximum atomic E-state index is 13.2. The van der Waals surface area contributed by atoms with Crippen molar-refractivity contribution in [2.24, 2.45) is 0 Å². The van der Waals surface area contributed by atoms with E-state index in [9.17, 15) is 8.42 Å². The summed E-state index contributed by atoms with van der Waals surface area (Å²) in [7, 11) is -2.01. The maximum absolute atomic E-state index is 13.2. The van der Waals surface area contributed by atoms with Crippen LogP contribution < -0.4 is 0 Å². The van der Waals surface area contributed by atoms with Crippen molar-refractivity contribution in [1.29, 1.82) is 5.26 Å². The molecule has 0 amide bonds. The maximum Gasteiger partial charge on any atom is 0.243 e. The summed E-state index contributed by atoms with van der Waals surface area (Å²) >= 11 is 0. The number of benzene rings is 2. The molecule has 0 radical (unpaired) electrons. The smallest absolute Gasteiger partial charge is 0.207 e. The highest BCUT2D eigenvalue weighted by Crippen LogP contribution is 2.31. The van der Waals surface area contributed by atoms with Gasteiger partial charge in [-0.3, -0.25) is 0 Å². The van der Waals surface area contributed by atoms with Gasteiger partial charge in [0.25, 0.3) is 0 Å². The Balaban J connectivity index is 2.46. The standard InChI is InChI=1S/C20H24N2O2S/c1-13-14(2)16(4)20(17(5)15(13)3)25(23,24)22(6)12-19-9-7-18(11-21)8-10-19/h7-10H,12H2,1-6H3. The SMILES string of the molecule is Cc1c(C)c(C)c(S(=O)(=O)N(C)Cc2ccc(C#N)cc2)c(C)c1C. The van der Waals surface area contributed by atoms with Gasteiger partial charge in [0.2, 0.25) is 10.0 Å². The van der Waals surface area contributed by atoms with Crippen LogP contribution in [0.2, 0.25) is 0 Å². The van der Waals surface area contributed by atoms with E-state index >= 15 is 0 Å². The number of nitriles is 1. The molecule has 132 valence electrons. The third-order valence-corrected chi connectivity index (χ3v) is 7.17. The molecule has 2 aromatic rings. The fraction of sp³-hybridized carbons (Fsp3) is 0.350. The molecule has 5 heteroatoms. The normalized spacial score (nSPS) is 11.6. The zero-order valence-electron chi connectivity index (χ0n) is 15.6. The largest absolute Gasteiger partial charge is 0.243 e. The lowest BCUT2D eigenvalue weighted by molar-refractivity contribution is 0.465. The molecule has 0 N–H and O–H groups in total. The van der Waals surface area contributed by atoms with Crippen molar-refractivity contribution in [2.75, 3.05) is 7.05 Å². The highest BCUT2D eigenvalue weighted by atomic mass is 32.2. The Bertz CT molecular complexity index is 924. The van der Waals surface area contributed by atoms with Gasteiger partial charge in [-0.15, -0.1) is 0 Å². The van der Waals surface area contributed by atoms with Crippen molar-refractivity contribution in [3.8, 4) is 6.07 Å². The van der Waals surface area contributed by atoms with Gasteiger partial charge in [0.15, 0.2) is 0 Å². The minimum absolute atomic E-state index is 0.263. The molecule has 0 spiro atoms.